The van der Waals surface area contributed by atoms with Crippen molar-refractivity contribution in [2.45, 2.75) is 24.2 Å². The van der Waals surface area contributed by atoms with Gasteiger partial charge in [0, 0.05) is 29.6 Å². The van der Waals surface area contributed by atoms with Crippen molar-refractivity contribution in [1.29, 1.82) is 0 Å². The number of ether oxygens (including phenoxy) is 1. The molecule has 1 heterocycles. The maximum atomic E-state index is 13.4. The number of halogens is 1. The number of methoxy groups -OCH3 is 1. The highest BCUT2D eigenvalue weighted by Crippen LogP contribution is 2.48. The number of fused-ring (bicyclic) bond motifs is 1. The van der Waals surface area contributed by atoms with Crippen LogP contribution in [0.25, 0.3) is 10.9 Å². The Morgan fingerprint density at radius 3 is 2.47 bits per heavy atom. The number of H-pyrrole nitrogens is 1. The van der Waals surface area contributed by atoms with E-state index in [1.165, 1.54) is 12.1 Å². The second kappa shape index (κ2) is 8.15. The Kier molecular flexibility index (Phi) is 5.17. The fourth-order valence-corrected chi connectivity index (χ4v) is 4.53. The van der Waals surface area contributed by atoms with E-state index in [0.29, 0.717) is 6.54 Å². The molecule has 1 aliphatic rings. The van der Waals surface area contributed by atoms with Crippen LogP contribution in [0.4, 0.5) is 4.39 Å². The Hall–Kier alpha value is -3.60. The highest BCUT2D eigenvalue weighted by molar-refractivity contribution is 5.91. The SMILES string of the molecule is COc1ccc(C(CNC(=O)C2(c3ccc(F)cc3)CC2)c2c[nH]c3ccccc23)cc1. The lowest BCUT2D eigenvalue weighted by molar-refractivity contribution is -0.123. The van der Waals surface area contributed by atoms with Crippen molar-refractivity contribution in [3.05, 3.63) is 102 Å². The first-order valence-corrected chi connectivity index (χ1v) is 10.8. The van der Waals surface area contributed by atoms with Crippen LogP contribution < -0.4 is 10.1 Å². The van der Waals surface area contributed by atoms with Gasteiger partial charge in [0.25, 0.3) is 0 Å². The number of aromatic nitrogens is 1. The quantitative estimate of drug-likeness (QED) is 0.420. The first-order chi connectivity index (χ1) is 15.6. The number of hydrogen-bond acceptors (Lipinski definition) is 2. The Morgan fingerprint density at radius 1 is 1.06 bits per heavy atom. The van der Waals surface area contributed by atoms with Gasteiger partial charge in [-0.2, -0.15) is 0 Å². The maximum absolute atomic E-state index is 13.4. The second-order valence-electron chi connectivity index (χ2n) is 8.41. The Balaban J connectivity index is 1.43. The maximum Gasteiger partial charge on any atom is 0.230 e. The zero-order chi connectivity index (χ0) is 22.1. The van der Waals surface area contributed by atoms with Gasteiger partial charge < -0.3 is 15.0 Å². The van der Waals surface area contributed by atoms with E-state index >= 15 is 0 Å². The number of hydrogen-bond donors (Lipinski definition) is 2. The molecule has 162 valence electrons. The molecule has 4 aromatic rings. The third kappa shape index (κ3) is 3.64. The molecule has 5 rings (SSSR count). The Morgan fingerprint density at radius 2 is 1.78 bits per heavy atom. The van der Waals surface area contributed by atoms with Gasteiger partial charge >= 0.3 is 0 Å². The van der Waals surface area contributed by atoms with Gasteiger partial charge in [-0.25, -0.2) is 4.39 Å². The fourth-order valence-electron chi connectivity index (χ4n) is 4.53. The molecule has 0 bridgehead atoms. The number of amides is 1. The van der Waals surface area contributed by atoms with E-state index in [4.69, 9.17) is 4.74 Å². The van der Waals surface area contributed by atoms with E-state index in [2.05, 4.69) is 22.4 Å². The van der Waals surface area contributed by atoms with Gasteiger partial charge in [0.1, 0.15) is 11.6 Å². The highest BCUT2D eigenvalue weighted by Gasteiger charge is 2.51. The number of benzene rings is 3. The van der Waals surface area contributed by atoms with Gasteiger partial charge in [0.15, 0.2) is 0 Å². The molecule has 5 heteroatoms. The second-order valence-corrected chi connectivity index (χ2v) is 8.41. The van der Waals surface area contributed by atoms with Crippen LogP contribution in [0.5, 0.6) is 5.75 Å². The summed E-state index contributed by atoms with van der Waals surface area (Å²) in [6.45, 7) is 0.468. The number of rotatable bonds is 7. The lowest BCUT2D eigenvalue weighted by Gasteiger charge is -2.21. The third-order valence-electron chi connectivity index (χ3n) is 6.56. The molecule has 0 radical (unpaired) electrons. The smallest absolute Gasteiger partial charge is 0.230 e. The summed E-state index contributed by atoms with van der Waals surface area (Å²) in [5.41, 5.74) is 3.64. The first kappa shape index (κ1) is 20.3. The summed E-state index contributed by atoms with van der Waals surface area (Å²) in [6.07, 6.45) is 3.59. The summed E-state index contributed by atoms with van der Waals surface area (Å²) in [5, 5.41) is 4.34. The molecule has 2 N–H and O–H groups in total. The van der Waals surface area contributed by atoms with Crippen molar-refractivity contribution in [2.75, 3.05) is 13.7 Å². The monoisotopic (exact) mass is 428 g/mol. The summed E-state index contributed by atoms with van der Waals surface area (Å²) >= 11 is 0. The van der Waals surface area contributed by atoms with Crippen LogP contribution >= 0.6 is 0 Å². The molecule has 0 aliphatic heterocycles. The predicted molar refractivity (Wildman–Crippen MR) is 123 cm³/mol. The molecule has 4 nitrogen and oxygen atoms in total. The molecule has 1 unspecified atom stereocenters. The fraction of sp³-hybridized carbons (Fsp3) is 0.222. The Labute approximate surface area is 186 Å². The van der Waals surface area contributed by atoms with Gasteiger partial charge in [0.05, 0.1) is 12.5 Å². The number of carbonyl (C=O) groups excluding carboxylic acids is 1. The average molecular weight is 429 g/mol. The number of carbonyl (C=O) groups is 1. The van der Waals surface area contributed by atoms with E-state index in [1.807, 2.05) is 42.6 Å². The van der Waals surface area contributed by atoms with Crippen LogP contribution in [0.1, 0.15) is 35.4 Å². The van der Waals surface area contributed by atoms with E-state index in [1.54, 1.807) is 19.2 Å². The molecule has 0 spiro atoms. The van der Waals surface area contributed by atoms with Crippen molar-refractivity contribution >= 4 is 16.8 Å². The first-order valence-electron chi connectivity index (χ1n) is 10.8. The molecule has 1 amide bonds. The summed E-state index contributed by atoms with van der Waals surface area (Å²) in [6, 6.07) is 22.5. The number of aromatic amines is 1. The Bertz CT molecular complexity index is 1240. The van der Waals surface area contributed by atoms with Crippen LogP contribution in [-0.4, -0.2) is 24.5 Å². The molecule has 1 atom stereocenters. The van der Waals surface area contributed by atoms with E-state index < -0.39 is 5.41 Å². The molecular formula is C27H25FN2O2. The molecule has 32 heavy (non-hydrogen) atoms. The number of para-hydroxylation sites is 1. The third-order valence-corrected chi connectivity index (χ3v) is 6.56. The van der Waals surface area contributed by atoms with Crippen molar-refractivity contribution in [3.8, 4) is 5.75 Å². The van der Waals surface area contributed by atoms with Gasteiger partial charge in [-0.05, 0) is 59.9 Å². The highest BCUT2D eigenvalue weighted by atomic mass is 19.1. The van der Waals surface area contributed by atoms with Crippen LogP contribution in [0.3, 0.4) is 0 Å². The standard InChI is InChI=1S/C27H25FN2O2/c1-32-21-12-6-18(7-13-21)23(24-17-29-25-5-3-2-4-22(24)25)16-30-26(31)27(14-15-27)19-8-10-20(28)11-9-19/h2-13,17,23,29H,14-16H2,1H3,(H,30,31). The summed E-state index contributed by atoms with van der Waals surface area (Å²) in [4.78, 5) is 16.6. The van der Waals surface area contributed by atoms with Crippen molar-refractivity contribution in [1.82, 2.24) is 10.3 Å². The molecule has 0 saturated heterocycles. The molecule has 1 aromatic heterocycles. The normalized spacial score (nSPS) is 15.3. The van der Waals surface area contributed by atoms with E-state index in [-0.39, 0.29) is 17.6 Å². The van der Waals surface area contributed by atoms with Gasteiger partial charge in [-0.1, -0.05) is 42.5 Å². The zero-order valence-electron chi connectivity index (χ0n) is 17.9. The van der Waals surface area contributed by atoms with Crippen LogP contribution in [-0.2, 0) is 10.2 Å². The minimum atomic E-state index is -0.543. The zero-order valence-corrected chi connectivity index (χ0v) is 17.9. The number of nitrogens with one attached hydrogen (secondary N) is 2. The largest absolute Gasteiger partial charge is 0.497 e. The molecule has 1 aliphatic carbocycles. The van der Waals surface area contributed by atoms with E-state index in [0.717, 1.165) is 46.2 Å². The van der Waals surface area contributed by atoms with Crippen molar-refractivity contribution < 1.29 is 13.9 Å². The van der Waals surface area contributed by atoms with Crippen LogP contribution in [0.15, 0.2) is 79.0 Å². The van der Waals surface area contributed by atoms with Gasteiger partial charge in [0.2, 0.25) is 5.91 Å². The van der Waals surface area contributed by atoms with Crippen LogP contribution in [0.2, 0.25) is 0 Å². The lowest BCUT2D eigenvalue weighted by Crippen LogP contribution is -2.37. The minimum Gasteiger partial charge on any atom is -0.497 e. The molecular weight excluding hydrogens is 403 g/mol. The summed E-state index contributed by atoms with van der Waals surface area (Å²) in [7, 11) is 1.65. The molecule has 1 saturated carbocycles. The molecule has 1 fully saturated rings. The van der Waals surface area contributed by atoms with Crippen molar-refractivity contribution in [2.24, 2.45) is 0 Å². The predicted octanol–water partition coefficient (Wildman–Crippen LogP) is 5.30. The summed E-state index contributed by atoms with van der Waals surface area (Å²) < 4.78 is 18.7. The lowest BCUT2D eigenvalue weighted by atomic mass is 9.90. The van der Waals surface area contributed by atoms with E-state index in [9.17, 15) is 9.18 Å². The average Bonchev–Trinajstić information content (AvgIpc) is 3.54. The van der Waals surface area contributed by atoms with Crippen molar-refractivity contribution in [3.63, 3.8) is 0 Å². The minimum absolute atomic E-state index is 0.00228. The topological polar surface area (TPSA) is 54.1 Å². The summed E-state index contributed by atoms with van der Waals surface area (Å²) in [5.74, 6) is 0.486. The molecule has 3 aromatic carbocycles. The van der Waals surface area contributed by atoms with Crippen LogP contribution in [0, 0.1) is 5.82 Å². The van der Waals surface area contributed by atoms with Gasteiger partial charge in [-0.3, -0.25) is 4.79 Å². The van der Waals surface area contributed by atoms with Gasteiger partial charge in [-0.15, -0.1) is 0 Å².